The number of nitrogens with one attached hydrogen (secondary N) is 1. The quantitative estimate of drug-likeness (QED) is 0.731. The lowest BCUT2D eigenvalue weighted by molar-refractivity contribution is -0.137. The summed E-state index contributed by atoms with van der Waals surface area (Å²) in [5.74, 6) is 1.20. The van der Waals surface area contributed by atoms with Gasteiger partial charge in [0.1, 0.15) is 17.8 Å². The number of aromatic amines is 1. The summed E-state index contributed by atoms with van der Waals surface area (Å²) < 4.78 is 38.1. The van der Waals surface area contributed by atoms with Crippen LogP contribution in [0.4, 0.5) is 19.0 Å². The van der Waals surface area contributed by atoms with Crippen molar-refractivity contribution < 1.29 is 13.2 Å². The molecule has 0 bridgehead atoms. The molecule has 4 rings (SSSR count). The number of pyridine rings is 1. The average Bonchev–Trinajstić information content (AvgIpc) is 3.29. The second-order valence-corrected chi connectivity index (χ2v) is 6.69. The van der Waals surface area contributed by atoms with Crippen molar-refractivity contribution in [2.24, 2.45) is 0 Å². The van der Waals surface area contributed by atoms with Gasteiger partial charge in [-0.05, 0) is 30.4 Å². The molecule has 3 aromatic rings. The van der Waals surface area contributed by atoms with E-state index in [2.05, 4.69) is 24.8 Å². The predicted molar refractivity (Wildman–Crippen MR) is 95.0 cm³/mol. The lowest BCUT2D eigenvalue weighted by Gasteiger charge is -2.20. The molecule has 1 fully saturated rings. The highest BCUT2D eigenvalue weighted by Crippen LogP contribution is 2.32. The van der Waals surface area contributed by atoms with Gasteiger partial charge in [0.2, 0.25) is 6.71 Å². The second kappa shape index (κ2) is 6.30. The van der Waals surface area contributed by atoms with E-state index in [0.29, 0.717) is 11.4 Å². The molecule has 0 aromatic carbocycles. The van der Waals surface area contributed by atoms with Gasteiger partial charge < -0.3 is 9.88 Å². The van der Waals surface area contributed by atoms with Gasteiger partial charge in [0, 0.05) is 31.1 Å². The van der Waals surface area contributed by atoms with Gasteiger partial charge in [0.05, 0.1) is 10.9 Å². The maximum absolute atomic E-state index is 12.7. The van der Waals surface area contributed by atoms with E-state index < -0.39 is 11.7 Å². The number of fused-ring (bicyclic) bond motifs is 1. The second-order valence-electron chi connectivity index (χ2n) is 6.69. The summed E-state index contributed by atoms with van der Waals surface area (Å²) in [7, 11) is 0. The highest BCUT2D eigenvalue weighted by atomic mass is 19.4. The summed E-state index contributed by atoms with van der Waals surface area (Å²) in [6.07, 6.45) is 0.896. The molecule has 0 spiro atoms. The van der Waals surface area contributed by atoms with Crippen LogP contribution in [0.5, 0.6) is 0 Å². The van der Waals surface area contributed by atoms with Crippen LogP contribution in [0.15, 0.2) is 36.9 Å². The van der Waals surface area contributed by atoms with E-state index in [1.54, 1.807) is 6.33 Å². The molecule has 0 aliphatic carbocycles. The number of aromatic nitrogens is 4. The SMILES string of the molecule is CB(c1ccc(C(F)(F)F)cn1)[C@@H]1CCN(c2ncnc3[nH]ccc23)C1. The normalized spacial score (nSPS) is 17.8. The van der Waals surface area contributed by atoms with Crippen LogP contribution in [0, 0.1) is 0 Å². The van der Waals surface area contributed by atoms with Crippen molar-refractivity contribution in [3.05, 3.63) is 42.5 Å². The molecular formula is C17H17BF3N5. The fraction of sp³-hybridized carbons (Fsp3) is 0.353. The van der Waals surface area contributed by atoms with Gasteiger partial charge in [0.15, 0.2) is 0 Å². The molecule has 0 amide bonds. The molecule has 1 aliphatic heterocycles. The molecule has 134 valence electrons. The molecular weight excluding hydrogens is 342 g/mol. The fourth-order valence-electron chi connectivity index (χ4n) is 3.58. The van der Waals surface area contributed by atoms with Crippen LogP contribution in [-0.2, 0) is 6.18 Å². The summed E-state index contributed by atoms with van der Waals surface area (Å²) in [5.41, 5.74) is 0.785. The first-order chi connectivity index (χ1) is 12.4. The van der Waals surface area contributed by atoms with Crippen molar-refractivity contribution in [3.63, 3.8) is 0 Å². The van der Waals surface area contributed by atoms with Crippen LogP contribution in [0.3, 0.4) is 0 Å². The summed E-state index contributed by atoms with van der Waals surface area (Å²) in [5, 5.41) is 0.980. The minimum absolute atomic E-state index is 0.0748. The van der Waals surface area contributed by atoms with Crippen LogP contribution >= 0.6 is 0 Å². The van der Waals surface area contributed by atoms with E-state index in [0.717, 1.165) is 48.6 Å². The van der Waals surface area contributed by atoms with Gasteiger partial charge in [-0.2, -0.15) is 13.2 Å². The Kier molecular flexibility index (Phi) is 4.09. The number of nitrogens with zero attached hydrogens (tertiary/aromatic N) is 4. The molecule has 0 radical (unpaired) electrons. The van der Waals surface area contributed by atoms with E-state index in [-0.39, 0.29) is 6.71 Å². The maximum Gasteiger partial charge on any atom is 0.417 e. The molecule has 1 saturated heterocycles. The Hall–Kier alpha value is -2.58. The number of H-pyrrole nitrogens is 1. The first-order valence-electron chi connectivity index (χ1n) is 8.49. The van der Waals surface area contributed by atoms with E-state index in [9.17, 15) is 13.2 Å². The molecule has 0 saturated carbocycles. The largest absolute Gasteiger partial charge is 0.417 e. The Morgan fingerprint density at radius 1 is 1.19 bits per heavy atom. The third-order valence-corrected chi connectivity index (χ3v) is 5.14. The zero-order valence-corrected chi connectivity index (χ0v) is 14.2. The molecule has 5 nitrogen and oxygen atoms in total. The molecule has 26 heavy (non-hydrogen) atoms. The third-order valence-electron chi connectivity index (χ3n) is 5.14. The lowest BCUT2D eigenvalue weighted by atomic mass is 9.40. The molecule has 1 atom stereocenters. The van der Waals surface area contributed by atoms with Gasteiger partial charge in [-0.15, -0.1) is 0 Å². The monoisotopic (exact) mass is 359 g/mol. The highest BCUT2D eigenvalue weighted by Gasteiger charge is 2.34. The molecule has 9 heteroatoms. The molecule has 0 unspecified atom stereocenters. The standard InChI is InChI=1S/C17H17BF3N5/c1-18(14-3-2-11(8-23-14)17(19,20)21)12-5-7-26(9-12)16-13-4-6-22-15(13)24-10-25-16/h2-4,6,8,10,12H,5,7,9H2,1H3,(H,22,24,25)/t12-/m1/s1. The first kappa shape index (κ1) is 16.9. The number of rotatable bonds is 3. The van der Waals surface area contributed by atoms with E-state index >= 15 is 0 Å². The summed E-state index contributed by atoms with van der Waals surface area (Å²) in [6.45, 7) is 3.75. The molecule has 1 N–H and O–H groups in total. The number of hydrogen-bond acceptors (Lipinski definition) is 4. The Balaban J connectivity index is 1.50. The summed E-state index contributed by atoms with van der Waals surface area (Å²) >= 11 is 0. The average molecular weight is 359 g/mol. The van der Waals surface area contributed by atoms with Crippen LogP contribution in [0.25, 0.3) is 11.0 Å². The van der Waals surface area contributed by atoms with E-state index in [1.807, 2.05) is 19.1 Å². The number of halogens is 3. The molecule has 1 aliphatic rings. The fourth-order valence-corrected chi connectivity index (χ4v) is 3.58. The van der Waals surface area contributed by atoms with E-state index in [1.165, 1.54) is 6.07 Å². The van der Waals surface area contributed by atoms with Crippen LogP contribution in [0.2, 0.25) is 12.6 Å². The van der Waals surface area contributed by atoms with Crippen LogP contribution < -0.4 is 10.5 Å². The number of hydrogen-bond donors (Lipinski definition) is 1. The van der Waals surface area contributed by atoms with Gasteiger partial charge in [-0.3, -0.25) is 4.98 Å². The van der Waals surface area contributed by atoms with E-state index in [4.69, 9.17) is 0 Å². The zero-order chi connectivity index (χ0) is 18.3. The smallest absolute Gasteiger partial charge is 0.356 e. The van der Waals surface area contributed by atoms with Gasteiger partial charge in [0.25, 0.3) is 0 Å². The maximum atomic E-state index is 12.7. The predicted octanol–water partition coefficient (Wildman–Crippen LogP) is 2.98. The Morgan fingerprint density at radius 2 is 2.04 bits per heavy atom. The highest BCUT2D eigenvalue weighted by molar-refractivity contribution is 6.72. The molecule has 3 aromatic heterocycles. The summed E-state index contributed by atoms with van der Waals surface area (Å²) in [6, 6.07) is 4.56. The minimum atomic E-state index is -4.35. The lowest BCUT2D eigenvalue weighted by Crippen LogP contribution is -2.36. The Bertz CT molecular complexity index is 909. The topological polar surface area (TPSA) is 57.7 Å². The third kappa shape index (κ3) is 3.02. The number of alkyl halides is 3. The number of anilines is 1. The van der Waals surface area contributed by atoms with Crippen LogP contribution in [0.1, 0.15) is 12.0 Å². The molecule has 4 heterocycles. The van der Waals surface area contributed by atoms with Crippen LogP contribution in [-0.4, -0.2) is 39.7 Å². The van der Waals surface area contributed by atoms with Gasteiger partial charge >= 0.3 is 6.18 Å². The minimum Gasteiger partial charge on any atom is -0.356 e. The Morgan fingerprint density at radius 3 is 2.77 bits per heavy atom. The van der Waals surface area contributed by atoms with Crippen molar-refractivity contribution in [3.8, 4) is 0 Å². The first-order valence-corrected chi connectivity index (χ1v) is 8.49. The summed E-state index contributed by atoms with van der Waals surface area (Å²) in [4.78, 5) is 18.0. The van der Waals surface area contributed by atoms with Crippen molar-refractivity contribution in [2.75, 3.05) is 18.0 Å². The van der Waals surface area contributed by atoms with Crippen molar-refractivity contribution in [2.45, 2.75) is 25.2 Å². The van der Waals surface area contributed by atoms with Crippen molar-refractivity contribution in [1.29, 1.82) is 0 Å². The van der Waals surface area contributed by atoms with Gasteiger partial charge in [-0.1, -0.05) is 6.82 Å². The zero-order valence-electron chi connectivity index (χ0n) is 14.2. The van der Waals surface area contributed by atoms with Gasteiger partial charge in [-0.25, -0.2) is 9.97 Å². The van der Waals surface area contributed by atoms with Crippen molar-refractivity contribution in [1.82, 2.24) is 19.9 Å². The van der Waals surface area contributed by atoms with Crippen molar-refractivity contribution >= 4 is 29.2 Å². The Labute approximate surface area is 148 Å².